The lowest BCUT2D eigenvalue weighted by molar-refractivity contribution is 0.892. The van der Waals surface area contributed by atoms with Crippen molar-refractivity contribution in [3.05, 3.63) is 82.1 Å². The van der Waals surface area contributed by atoms with E-state index in [9.17, 15) is 4.79 Å². The number of anilines is 1. The summed E-state index contributed by atoms with van der Waals surface area (Å²) < 4.78 is 2.97. The highest BCUT2D eigenvalue weighted by Crippen LogP contribution is 2.25. The Balaban J connectivity index is 1.41. The zero-order valence-electron chi connectivity index (χ0n) is 14.9. The van der Waals surface area contributed by atoms with Gasteiger partial charge in [0.25, 0.3) is 5.56 Å². The number of fused-ring (bicyclic) bond motifs is 2. The third-order valence-corrected chi connectivity index (χ3v) is 5.70. The van der Waals surface area contributed by atoms with Crippen LogP contribution in [0.3, 0.4) is 0 Å². The first kappa shape index (κ1) is 16.7. The van der Waals surface area contributed by atoms with E-state index in [0.29, 0.717) is 23.5 Å². The van der Waals surface area contributed by atoms with Gasteiger partial charge in [-0.15, -0.1) is 11.3 Å². The molecule has 0 radical (unpaired) electrons. The van der Waals surface area contributed by atoms with Gasteiger partial charge in [0.1, 0.15) is 5.39 Å². The van der Waals surface area contributed by atoms with E-state index in [4.69, 9.17) is 0 Å². The van der Waals surface area contributed by atoms with Gasteiger partial charge in [-0.1, -0.05) is 36.4 Å². The number of hydrogen-bond donors (Lipinski definition) is 2. The summed E-state index contributed by atoms with van der Waals surface area (Å²) in [5.41, 5.74) is 2.51. The molecule has 0 fully saturated rings. The lowest BCUT2D eigenvalue weighted by atomic mass is 10.1. The Kier molecular flexibility index (Phi) is 4.14. The second-order valence-corrected chi connectivity index (χ2v) is 7.39. The number of benzene rings is 2. The summed E-state index contributed by atoms with van der Waals surface area (Å²) in [6, 6.07) is 18.1. The number of aromatic nitrogens is 4. The van der Waals surface area contributed by atoms with Crippen LogP contribution in [0, 0.1) is 0 Å². The zero-order chi connectivity index (χ0) is 18.9. The van der Waals surface area contributed by atoms with Crippen LogP contribution in [0.4, 0.5) is 5.95 Å². The predicted octanol–water partition coefficient (Wildman–Crippen LogP) is 3.98. The van der Waals surface area contributed by atoms with Crippen molar-refractivity contribution >= 4 is 38.4 Å². The third kappa shape index (κ3) is 2.95. The topological polar surface area (TPSA) is 75.6 Å². The molecule has 0 spiro atoms. The first-order valence-electron chi connectivity index (χ1n) is 9.02. The molecule has 138 valence electrons. The molecule has 0 aliphatic rings. The molecule has 6 nitrogen and oxygen atoms in total. The standard InChI is InChI=1S/C21H17N5OS/c27-20-17-12-23-26(15-6-2-1-3-7-15)19(17)24-21(25-20)22-11-10-14-13-28-18-9-5-4-8-16(14)18/h1-9,12-13H,10-11H2,(H2,22,24,25,27). The van der Waals surface area contributed by atoms with Gasteiger partial charge in [0.2, 0.25) is 5.95 Å². The Morgan fingerprint density at radius 2 is 1.86 bits per heavy atom. The van der Waals surface area contributed by atoms with Gasteiger partial charge in [0, 0.05) is 11.2 Å². The van der Waals surface area contributed by atoms with Gasteiger partial charge in [-0.2, -0.15) is 10.1 Å². The highest BCUT2D eigenvalue weighted by molar-refractivity contribution is 7.17. The lowest BCUT2D eigenvalue weighted by Crippen LogP contribution is -2.15. The average Bonchev–Trinajstić information content (AvgIpc) is 3.34. The number of rotatable bonds is 5. The van der Waals surface area contributed by atoms with Gasteiger partial charge in [0.15, 0.2) is 5.65 Å². The zero-order valence-corrected chi connectivity index (χ0v) is 15.7. The van der Waals surface area contributed by atoms with Crippen LogP contribution in [0.5, 0.6) is 0 Å². The molecular weight excluding hydrogens is 370 g/mol. The first-order valence-corrected chi connectivity index (χ1v) is 9.90. The number of H-pyrrole nitrogens is 1. The van der Waals surface area contributed by atoms with Crippen molar-refractivity contribution < 1.29 is 0 Å². The molecule has 28 heavy (non-hydrogen) atoms. The number of aromatic amines is 1. The van der Waals surface area contributed by atoms with Crippen molar-refractivity contribution in [2.75, 3.05) is 11.9 Å². The van der Waals surface area contributed by atoms with Crippen LogP contribution in [0.2, 0.25) is 0 Å². The Morgan fingerprint density at radius 3 is 2.75 bits per heavy atom. The largest absolute Gasteiger partial charge is 0.355 e. The Labute approximate surface area is 164 Å². The number of thiophene rings is 1. The van der Waals surface area contributed by atoms with Crippen molar-refractivity contribution in [2.24, 2.45) is 0 Å². The van der Waals surface area contributed by atoms with E-state index in [1.807, 2.05) is 30.3 Å². The van der Waals surface area contributed by atoms with Crippen molar-refractivity contribution in [2.45, 2.75) is 6.42 Å². The summed E-state index contributed by atoms with van der Waals surface area (Å²) in [6.45, 7) is 0.675. The molecule has 0 aliphatic carbocycles. The molecule has 7 heteroatoms. The second-order valence-electron chi connectivity index (χ2n) is 6.48. The van der Waals surface area contributed by atoms with Crippen molar-refractivity contribution in [1.82, 2.24) is 19.7 Å². The molecule has 5 rings (SSSR count). The van der Waals surface area contributed by atoms with Crippen LogP contribution < -0.4 is 10.9 Å². The number of hydrogen-bond acceptors (Lipinski definition) is 5. The molecule has 0 aliphatic heterocycles. The van der Waals surface area contributed by atoms with Gasteiger partial charge >= 0.3 is 0 Å². The first-order chi connectivity index (χ1) is 13.8. The molecule has 2 aromatic carbocycles. The quantitative estimate of drug-likeness (QED) is 0.478. The Bertz CT molecular complexity index is 1320. The predicted molar refractivity (Wildman–Crippen MR) is 114 cm³/mol. The minimum absolute atomic E-state index is 0.198. The maximum absolute atomic E-state index is 12.4. The monoisotopic (exact) mass is 387 g/mol. The molecule has 0 atom stereocenters. The van der Waals surface area contributed by atoms with Crippen LogP contribution in [0.15, 0.2) is 71.0 Å². The number of nitrogens with zero attached hydrogens (tertiary/aromatic N) is 3. The van der Waals surface area contributed by atoms with Crippen LogP contribution in [0.1, 0.15) is 5.56 Å². The van der Waals surface area contributed by atoms with E-state index in [0.717, 1.165) is 12.1 Å². The van der Waals surface area contributed by atoms with E-state index in [1.54, 1.807) is 22.2 Å². The Hall–Kier alpha value is -3.45. The third-order valence-electron chi connectivity index (χ3n) is 4.69. The second kappa shape index (κ2) is 6.94. The molecule has 5 aromatic rings. The Morgan fingerprint density at radius 1 is 1.04 bits per heavy atom. The molecule has 0 amide bonds. The lowest BCUT2D eigenvalue weighted by Gasteiger charge is -2.07. The van der Waals surface area contributed by atoms with Crippen molar-refractivity contribution in [3.63, 3.8) is 0 Å². The van der Waals surface area contributed by atoms with E-state index in [2.05, 4.69) is 50.0 Å². The van der Waals surface area contributed by atoms with Gasteiger partial charge in [0.05, 0.1) is 11.9 Å². The van der Waals surface area contributed by atoms with Crippen molar-refractivity contribution in [3.8, 4) is 5.69 Å². The van der Waals surface area contributed by atoms with Crippen LogP contribution in [-0.2, 0) is 6.42 Å². The molecule has 0 saturated carbocycles. The molecule has 2 N–H and O–H groups in total. The molecular formula is C21H17N5OS. The van der Waals surface area contributed by atoms with Crippen LogP contribution in [0.25, 0.3) is 26.8 Å². The highest BCUT2D eigenvalue weighted by Gasteiger charge is 2.11. The van der Waals surface area contributed by atoms with E-state index in [1.165, 1.54) is 15.6 Å². The van der Waals surface area contributed by atoms with E-state index in [-0.39, 0.29) is 5.56 Å². The normalized spacial score (nSPS) is 11.3. The average molecular weight is 387 g/mol. The molecule has 0 saturated heterocycles. The minimum Gasteiger partial charge on any atom is -0.355 e. The fourth-order valence-corrected chi connectivity index (χ4v) is 4.30. The summed E-state index contributed by atoms with van der Waals surface area (Å²) in [5.74, 6) is 0.453. The molecule has 3 aromatic heterocycles. The number of nitrogens with one attached hydrogen (secondary N) is 2. The molecule has 3 heterocycles. The fourth-order valence-electron chi connectivity index (χ4n) is 3.30. The van der Waals surface area contributed by atoms with Gasteiger partial charge in [-0.3, -0.25) is 9.78 Å². The molecule has 0 unspecified atom stereocenters. The minimum atomic E-state index is -0.198. The van der Waals surface area contributed by atoms with Gasteiger partial charge in [-0.05, 0) is 40.9 Å². The summed E-state index contributed by atoms with van der Waals surface area (Å²) in [7, 11) is 0. The van der Waals surface area contributed by atoms with Crippen molar-refractivity contribution in [1.29, 1.82) is 0 Å². The maximum atomic E-state index is 12.4. The summed E-state index contributed by atoms with van der Waals surface area (Å²) in [6.07, 6.45) is 2.40. The SMILES string of the molecule is O=c1[nH]c(NCCc2csc3ccccc23)nc2c1cnn2-c1ccccc1. The van der Waals surface area contributed by atoms with Gasteiger partial charge in [-0.25, -0.2) is 4.68 Å². The summed E-state index contributed by atoms with van der Waals surface area (Å²) in [5, 5.41) is 11.5. The van der Waals surface area contributed by atoms with E-state index < -0.39 is 0 Å². The van der Waals surface area contributed by atoms with Crippen LogP contribution in [-0.4, -0.2) is 26.3 Å². The van der Waals surface area contributed by atoms with Crippen LogP contribution >= 0.6 is 11.3 Å². The van der Waals surface area contributed by atoms with E-state index >= 15 is 0 Å². The van der Waals surface area contributed by atoms with Gasteiger partial charge < -0.3 is 5.32 Å². The number of para-hydroxylation sites is 1. The smallest absolute Gasteiger partial charge is 0.263 e. The summed E-state index contributed by atoms with van der Waals surface area (Å²) in [4.78, 5) is 19.8. The maximum Gasteiger partial charge on any atom is 0.263 e. The fraction of sp³-hybridized carbons (Fsp3) is 0.0952. The summed E-state index contributed by atoms with van der Waals surface area (Å²) >= 11 is 1.75. The highest BCUT2D eigenvalue weighted by atomic mass is 32.1. The molecule has 0 bridgehead atoms.